The third-order valence-corrected chi connectivity index (χ3v) is 2.15. The summed E-state index contributed by atoms with van der Waals surface area (Å²) in [7, 11) is 0.132. The molecule has 1 aliphatic rings. The summed E-state index contributed by atoms with van der Waals surface area (Å²) >= 11 is 0. The van der Waals surface area contributed by atoms with E-state index >= 15 is 0 Å². The van der Waals surface area contributed by atoms with Crippen molar-refractivity contribution >= 4 is 12.7 Å². The van der Waals surface area contributed by atoms with E-state index in [1.165, 1.54) is 5.69 Å². The second-order valence-corrected chi connectivity index (χ2v) is 3.06. The molecule has 0 spiro atoms. The minimum atomic E-state index is 0.132. The fraction of sp³-hybridized carbons (Fsp3) is 0.200. The second-order valence-electron chi connectivity index (χ2n) is 3.06. The molecular weight excluding hydrogens is 161 g/mol. The smallest absolute Gasteiger partial charge is 0.413 e. The SMILES string of the molecule is CB1OCC=CN1c1ccccc1. The maximum atomic E-state index is 5.48. The van der Waals surface area contributed by atoms with Crippen LogP contribution in [0.25, 0.3) is 0 Å². The number of hydrogen-bond acceptors (Lipinski definition) is 2. The lowest BCUT2D eigenvalue weighted by atomic mass is 9.83. The summed E-state index contributed by atoms with van der Waals surface area (Å²) in [5.41, 5.74) is 1.17. The first-order valence-corrected chi connectivity index (χ1v) is 4.49. The largest absolute Gasteiger partial charge is 0.416 e. The van der Waals surface area contributed by atoms with Crippen LogP contribution in [0.15, 0.2) is 42.6 Å². The zero-order valence-electron chi connectivity index (χ0n) is 7.68. The van der Waals surface area contributed by atoms with Gasteiger partial charge in [0.15, 0.2) is 0 Å². The highest BCUT2D eigenvalue weighted by Crippen LogP contribution is 2.17. The predicted octanol–water partition coefficient (Wildman–Crippen LogP) is 2.15. The summed E-state index contributed by atoms with van der Waals surface area (Å²) in [6.45, 7) is 2.76. The summed E-state index contributed by atoms with van der Waals surface area (Å²) in [5, 5.41) is 0. The number of rotatable bonds is 1. The van der Waals surface area contributed by atoms with Crippen molar-refractivity contribution in [1.29, 1.82) is 0 Å². The molecule has 66 valence electrons. The maximum Gasteiger partial charge on any atom is 0.416 e. The molecule has 1 aromatic carbocycles. The van der Waals surface area contributed by atoms with E-state index < -0.39 is 0 Å². The van der Waals surface area contributed by atoms with Gasteiger partial charge in [-0.3, -0.25) is 0 Å². The van der Waals surface area contributed by atoms with Gasteiger partial charge in [-0.25, -0.2) is 0 Å². The van der Waals surface area contributed by atoms with Crippen LogP contribution < -0.4 is 4.81 Å². The standard InChI is InChI=1S/C10H12BNO/c1-11-12(8-5-9-13-11)10-6-3-2-4-7-10/h2-8H,9H2,1H3. The Hall–Kier alpha value is -1.22. The van der Waals surface area contributed by atoms with Crippen LogP contribution in [0.1, 0.15) is 0 Å². The van der Waals surface area contributed by atoms with E-state index in [-0.39, 0.29) is 7.05 Å². The molecule has 2 rings (SSSR count). The zero-order valence-corrected chi connectivity index (χ0v) is 7.68. The lowest BCUT2D eigenvalue weighted by Crippen LogP contribution is -2.38. The molecule has 3 heteroatoms. The summed E-state index contributed by atoms with van der Waals surface area (Å²) in [6.07, 6.45) is 4.09. The Bertz CT molecular complexity index is 299. The fourth-order valence-corrected chi connectivity index (χ4v) is 1.45. The van der Waals surface area contributed by atoms with Gasteiger partial charge < -0.3 is 9.47 Å². The van der Waals surface area contributed by atoms with Gasteiger partial charge >= 0.3 is 7.05 Å². The average Bonchev–Trinajstić information content (AvgIpc) is 2.20. The number of hydrogen-bond donors (Lipinski definition) is 0. The summed E-state index contributed by atoms with van der Waals surface area (Å²) in [5.74, 6) is 0. The van der Waals surface area contributed by atoms with Gasteiger partial charge in [0.05, 0.1) is 6.61 Å². The van der Waals surface area contributed by atoms with Gasteiger partial charge in [-0.05, 0) is 31.2 Å². The quantitative estimate of drug-likeness (QED) is 0.603. The fourth-order valence-electron chi connectivity index (χ4n) is 1.45. The molecule has 0 N–H and O–H groups in total. The van der Waals surface area contributed by atoms with Gasteiger partial charge in [0.2, 0.25) is 0 Å². The predicted molar refractivity (Wildman–Crippen MR) is 55.6 cm³/mol. The molecule has 1 heterocycles. The van der Waals surface area contributed by atoms with Crippen molar-refractivity contribution in [2.45, 2.75) is 6.82 Å². The number of nitrogens with zero attached hydrogens (tertiary/aromatic N) is 1. The Morgan fingerprint density at radius 2 is 2.08 bits per heavy atom. The van der Waals surface area contributed by atoms with E-state index in [1.54, 1.807) is 0 Å². The molecule has 0 saturated heterocycles. The Labute approximate surface area is 78.9 Å². The zero-order chi connectivity index (χ0) is 9.10. The maximum absolute atomic E-state index is 5.48. The van der Waals surface area contributed by atoms with E-state index in [0.29, 0.717) is 6.61 Å². The number of anilines is 1. The Kier molecular flexibility index (Phi) is 2.36. The molecular formula is C10H12BNO. The van der Waals surface area contributed by atoms with Crippen LogP contribution in [0.3, 0.4) is 0 Å². The van der Waals surface area contributed by atoms with Crippen LogP contribution in [0.2, 0.25) is 6.82 Å². The summed E-state index contributed by atoms with van der Waals surface area (Å²) < 4.78 is 5.48. The lowest BCUT2D eigenvalue weighted by molar-refractivity contribution is 0.363. The van der Waals surface area contributed by atoms with Crippen LogP contribution in [-0.2, 0) is 4.65 Å². The highest BCUT2D eigenvalue weighted by Gasteiger charge is 2.20. The van der Waals surface area contributed by atoms with Crippen molar-refractivity contribution in [1.82, 2.24) is 0 Å². The van der Waals surface area contributed by atoms with Crippen molar-refractivity contribution in [2.75, 3.05) is 11.4 Å². The third kappa shape index (κ3) is 1.75. The molecule has 1 aliphatic heterocycles. The van der Waals surface area contributed by atoms with Gasteiger partial charge in [-0.1, -0.05) is 18.2 Å². The molecule has 0 amide bonds. The van der Waals surface area contributed by atoms with Crippen LogP contribution in [-0.4, -0.2) is 13.7 Å². The first-order valence-electron chi connectivity index (χ1n) is 4.49. The lowest BCUT2D eigenvalue weighted by Gasteiger charge is -2.27. The number of para-hydroxylation sites is 1. The molecule has 1 aromatic rings. The monoisotopic (exact) mass is 173 g/mol. The molecule has 0 unspecified atom stereocenters. The second kappa shape index (κ2) is 3.67. The molecule has 0 saturated carbocycles. The Morgan fingerprint density at radius 3 is 2.77 bits per heavy atom. The van der Waals surface area contributed by atoms with Crippen molar-refractivity contribution in [3.8, 4) is 0 Å². The van der Waals surface area contributed by atoms with Gasteiger partial charge in [-0.15, -0.1) is 0 Å². The average molecular weight is 173 g/mol. The minimum absolute atomic E-state index is 0.132. The van der Waals surface area contributed by atoms with E-state index in [0.717, 1.165) is 0 Å². The number of benzene rings is 1. The van der Waals surface area contributed by atoms with E-state index in [2.05, 4.69) is 30.0 Å². The minimum Gasteiger partial charge on any atom is -0.413 e. The first-order chi connectivity index (χ1) is 6.38. The molecule has 0 aromatic heterocycles. The third-order valence-electron chi connectivity index (χ3n) is 2.15. The molecule has 0 radical (unpaired) electrons. The first kappa shape index (κ1) is 8.39. The Morgan fingerprint density at radius 1 is 1.31 bits per heavy atom. The van der Waals surface area contributed by atoms with Crippen molar-refractivity contribution in [3.05, 3.63) is 42.6 Å². The van der Waals surface area contributed by atoms with Gasteiger partial charge in [0, 0.05) is 5.69 Å². The van der Waals surface area contributed by atoms with Crippen LogP contribution >= 0.6 is 0 Å². The van der Waals surface area contributed by atoms with Crippen molar-refractivity contribution in [3.63, 3.8) is 0 Å². The van der Waals surface area contributed by atoms with E-state index in [1.807, 2.05) is 24.3 Å². The molecule has 2 nitrogen and oxygen atoms in total. The van der Waals surface area contributed by atoms with Gasteiger partial charge in [0.25, 0.3) is 0 Å². The molecule has 13 heavy (non-hydrogen) atoms. The molecule has 0 fully saturated rings. The molecule has 0 bridgehead atoms. The van der Waals surface area contributed by atoms with Crippen molar-refractivity contribution < 1.29 is 4.65 Å². The van der Waals surface area contributed by atoms with Crippen LogP contribution in [0.4, 0.5) is 5.69 Å². The highest BCUT2D eigenvalue weighted by molar-refractivity contribution is 6.56. The van der Waals surface area contributed by atoms with Crippen molar-refractivity contribution in [2.24, 2.45) is 0 Å². The topological polar surface area (TPSA) is 12.5 Å². The normalized spacial score (nSPS) is 16.4. The van der Waals surface area contributed by atoms with E-state index in [9.17, 15) is 0 Å². The summed E-state index contributed by atoms with van der Waals surface area (Å²) in [6, 6.07) is 10.2. The van der Waals surface area contributed by atoms with Crippen LogP contribution in [0.5, 0.6) is 0 Å². The Balaban J connectivity index is 2.25. The van der Waals surface area contributed by atoms with E-state index in [4.69, 9.17) is 4.65 Å². The molecule has 0 aliphatic carbocycles. The van der Waals surface area contributed by atoms with Crippen LogP contribution in [0, 0.1) is 0 Å². The van der Waals surface area contributed by atoms with Gasteiger partial charge in [-0.2, -0.15) is 0 Å². The highest BCUT2D eigenvalue weighted by atomic mass is 16.4. The molecule has 0 atom stereocenters. The van der Waals surface area contributed by atoms with Gasteiger partial charge in [0.1, 0.15) is 0 Å². The summed E-state index contributed by atoms with van der Waals surface area (Å²) in [4.78, 5) is 2.11.